The fraction of sp³-hybridized carbons (Fsp3) is 0.529. The summed E-state index contributed by atoms with van der Waals surface area (Å²) in [5.41, 5.74) is 1.92. The second-order valence-electron chi connectivity index (χ2n) is 6.51. The smallest absolute Gasteiger partial charge is 0.224 e. The van der Waals surface area contributed by atoms with Crippen LogP contribution in [0.5, 0.6) is 0 Å². The lowest BCUT2D eigenvalue weighted by Gasteiger charge is -2.35. The molecule has 1 aromatic carbocycles. The number of carbonyl (C=O) groups excluding carboxylic acids is 1. The van der Waals surface area contributed by atoms with Crippen molar-refractivity contribution in [2.75, 3.05) is 0 Å². The molecule has 0 bridgehead atoms. The first-order valence-electron chi connectivity index (χ1n) is 7.27. The van der Waals surface area contributed by atoms with Gasteiger partial charge in [-0.3, -0.25) is 4.79 Å². The summed E-state index contributed by atoms with van der Waals surface area (Å²) in [5, 5.41) is 11.9. The number of hydrogen-bond donors (Lipinski definition) is 1. The normalized spacial score (nSPS) is 20.9. The zero-order valence-electron chi connectivity index (χ0n) is 12.3. The number of nitrogens with zero attached hydrogens (tertiary/aromatic N) is 1. The number of rotatable bonds is 3. The molecule has 1 N–H and O–H groups in total. The maximum absolute atomic E-state index is 12.1. The minimum absolute atomic E-state index is 0.0809. The largest absolute Gasteiger partial charge is 0.353 e. The first-order valence-corrected chi connectivity index (χ1v) is 7.27. The molecule has 0 aromatic heterocycles. The highest BCUT2D eigenvalue weighted by atomic mass is 16.1. The van der Waals surface area contributed by atoms with Gasteiger partial charge < -0.3 is 5.32 Å². The van der Waals surface area contributed by atoms with E-state index in [0.29, 0.717) is 23.4 Å². The van der Waals surface area contributed by atoms with E-state index in [0.717, 1.165) is 18.4 Å². The van der Waals surface area contributed by atoms with Crippen LogP contribution in [-0.4, -0.2) is 11.9 Å². The number of hydrogen-bond acceptors (Lipinski definition) is 2. The molecule has 1 amide bonds. The molecule has 1 saturated carbocycles. The molecule has 0 radical (unpaired) electrons. The molecule has 1 aliphatic rings. The lowest BCUT2D eigenvalue weighted by atomic mass is 9.75. The predicted octanol–water partition coefficient (Wildman–Crippen LogP) is 3.19. The van der Waals surface area contributed by atoms with Crippen LogP contribution in [0.25, 0.3) is 0 Å². The molecule has 2 rings (SSSR count). The van der Waals surface area contributed by atoms with E-state index >= 15 is 0 Å². The monoisotopic (exact) mass is 270 g/mol. The Kier molecular flexibility index (Phi) is 4.44. The summed E-state index contributed by atoms with van der Waals surface area (Å²) in [4.78, 5) is 12.1. The molecular weight excluding hydrogens is 248 g/mol. The van der Waals surface area contributed by atoms with E-state index in [-0.39, 0.29) is 5.91 Å². The van der Waals surface area contributed by atoms with Crippen LogP contribution >= 0.6 is 0 Å². The van der Waals surface area contributed by atoms with E-state index in [1.165, 1.54) is 12.8 Å². The Labute approximate surface area is 121 Å². The van der Waals surface area contributed by atoms with Gasteiger partial charge in [0.05, 0.1) is 18.1 Å². The molecule has 1 unspecified atom stereocenters. The van der Waals surface area contributed by atoms with Crippen molar-refractivity contribution in [1.82, 2.24) is 5.32 Å². The van der Waals surface area contributed by atoms with Crippen molar-refractivity contribution in [1.29, 1.82) is 5.26 Å². The van der Waals surface area contributed by atoms with Gasteiger partial charge in [0.15, 0.2) is 0 Å². The Morgan fingerprint density at radius 2 is 2.10 bits per heavy atom. The number of nitrogens with one attached hydrogen (secondary N) is 1. The van der Waals surface area contributed by atoms with Gasteiger partial charge in [0.2, 0.25) is 5.91 Å². The maximum atomic E-state index is 12.1. The van der Waals surface area contributed by atoms with Crippen molar-refractivity contribution in [3.63, 3.8) is 0 Å². The van der Waals surface area contributed by atoms with Crippen LogP contribution in [0.15, 0.2) is 24.3 Å². The molecular formula is C17H22N2O. The second kappa shape index (κ2) is 6.09. The average molecular weight is 270 g/mol. The molecule has 3 heteroatoms. The fourth-order valence-electron chi connectivity index (χ4n) is 2.98. The summed E-state index contributed by atoms with van der Waals surface area (Å²) in [5.74, 6) is 0.0809. The standard InChI is InChI=1S/C17H22N2O/c1-17(2)9-3-4-15(11-17)19-16(20)10-13-5-7-14(12-18)8-6-13/h5-8,15H,3-4,9-11H2,1-2H3,(H,19,20). The third kappa shape index (κ3) is 4.09. The number of carbonyl (C=O) groups is 1. The van der Waals surface area contributed by atoms with E-state index in [9.17, 15) is 4.79 Å². The molecule has 20 heavy (non-hydrogen) atoms. The van der Waals surface area contributed by atoms with Crippen molar-refractivity contribution in [2.24, 2.45) is 5.41 Å². The van der Waals surface area contributed by atoms with Crippen LogP contribution in [0.4, 0.5) is 0 Å². The Hall–Kier alpha value is -1.82. The van der Waals surface area contributed by atoms with Gasteiger partial charge in [-0.15, -0.1) is 0 Å². The summed E-state index contributed by atoms with van der Waals surface area (Å²) >= 11 is 0. The summed E-state index contributed by atoms with van der Waals surface area (Å²) < 4.78 is 0. The first-order chi connectivity index (χ1) is 9.48. The van der Waals surface area contributed by atoms with E-state index in [2.05, 4.69) is 25.2 Å². The van der Waals surface area contributed by atoms with Crippen molar-refractivity contribution >= 4 is 5.91 Å². The Morgan fingerprint density at radius 3 is 2.70 bits per heavy atom. The van der Waals surface area contributed by atoms with Crippen LogP contribution in [0.1, 0.15) is 50.7 Å². The van der Waals surface area contributed by atoms with Gasteiger partial charge in [0.1, 0.15) is 0 Å². The summed E-state index contributed by atoms with van der Waals surface area (Å²) in [6.07, 6.45) is 4.97. The zero-order valence-corrected chi connectivity index (χ0v) is 12.3. The molecule has 1 fully saturated rings. The lowest BCUT2D eigenvalue weighted by molar-refractivity contribution is -0.121. The first kappa shape index (κ1) is 14.6. The van der Waals surface area contributed by atoms with Crippen molar-refractivity contribution in [3.8, 4) is 6.07 Å². The van der Waals surface area contributed by atoms with Crippen LogP contribution in [0, 0.1) is 16.7 Å². The van der Waals surface area contributed by atoms with Gasteiger partial charge in [-0.2, -0.15) is 5.26 Å². The topological polar surface area (TPSA) is 52.9 Å². The Morgan fingerprint density at radius 1 is 1.40 bits per heavy atom. The minimum Gasteiger partial charge on any atom is -0.353 e. The summed E-state index contributed by atoms with van der Waals surface area (Å²) in [7, 11) is 0. The van der Waals surface area contributed by atoms with Crippen molar-refractivity contribution in [3.05, 3.63) is 35.4 Å². The zero-order chi connectivity index (χ0) is 14.6. The lowest BCUT2D eigenvalue weighted by Crippen LogP contribution is -2.41. The third-order valence-electron chi connectivity index (χ3n) is 4.02. The Bertz CT molecular complexity index is 511. The van der Waals surface area contributed by atoms with Gasteiger partial charge in [-0.1, -0.05) is 32.4 Å². The third-order valence-corrected chi connectivity index (χ3v) is 4.02. The Balaban J connectivity index is 1.87. The number of amides is 1. The highest BCUT2D eigenvalue weighted by Crippen LogP contribution is 2.35. The highest BCUT2D eigenvalue weighted by Gasteiger charge is 2.28. The van der Waals surface area contributed by atoms with Crippen molar-refractivity contribution in [2.45, 2.75) is 52.0 Å². The van der Waals surface area contributed by atoms with Gasteiger partial charge >= 0.3 is 0 Å². The quantitative estimate of drug-likeness (QED) is 0.917. The van der Waals surface area contributed by atoms with E-state index < -0.39 is 0 Å². The van der Waals surface area contributed by atoms with Crippen LogP contribution in [-0.2, 0) is 11.2 Å². The minimum atomic E-state index is 0.0809. The number of nitriles is 1. The fourth-order valence-corrected chi connectivity index (χ4v) is 2.98. The summed E-state index contributed by atoms with van der Waals surface area (Å²) in [6, 6.07) is 9.60. The second-order valence-corrected chi connectivity index (χ2v) is 6.51. The molecule has 3 nitrogen and oxygen atoms in total. The van der Waals surface area contributed by atoms with Crippen LogP contribution < -0.4 is 5.32 Å². The van der Waals surface area contributed by atoms with E-state index in [1.807, 2.05) is 12.1 Å². The van der Waals surface area contributed by atoms with Gasteiger partial charge in [0, 0.05) is 6.04 Å². The van der Waals surface area contributed by atoms with Gasteiger partial charge in [-0.25, -0.2) is 0 Å². The molecule has 1 aliphatic carbocycles. The molecule has 106 valence electrons. The maximum Gasteiger partial charge on any atom is 0.224 e. The molecule has 0 aliphatic heterocycles. The number of benzene rings is 1. The molecule has 1 atom stereocenters. The molecule has 0 saturated heterocycles. The average Bonchev–Trinajstić information content (AvgIpc) is 2.38. The SMILES string of the molecule is CC1(C)CCCC(NC(=O)Cc2ccc(C#N)cc2)C1. The van der Waals surface area contributed by atoms with Crippen LogP contribution in [0.2, 0.25) is 0 Å². The van der Waals surface area contributed by atoms with Gasteiger partial charge in [-0.05, 0) is 42.4 Å². The van der Waals surface area contributed by atoms with Crippen LogP contribution in [0.3, 0.4) is 0 Å². The summed E-state index contributed by atoms with van der Waals surface area (Å²) in [6.45, 7) is 4.54. The molecule has 0 heterocycles. The van der Waals surface area contributed by atoms with Gasteiger partial charge in [0.25, 0.3) is 0 Å². The molecule has 0 spiro atoms. The van der Waals surface area contributed by atoms with E-state index in [4.69, 9.17) is 5.26 Å². The van der Waals surface area contributed by atoms with Crippen molar-refractivity contribution < 1.29 is 4.79 Å². The highest BCUT2D eigenvalue weighted by molar-refractivity contribution is 5.78. The predicted molar refractivity (Wildman–Crippen MR) is 79.0 cm³/mol. The van der Waals surface area contributed by atoms with E-state index in [1.54, 1.807) is 12.1 Å². The molecule has 1 aromatic rings.